The van der Waals surface area contributed by atoms with Gasteiger partial charge < -0.3 is 15.2 Å². The van der Waals surface area contributed by atoms with E-state index in [0.717, 1.165) is 6.26 Å². The summed E-state index contributed by atoms with van der Waals surface area (Å²) in [6.07, 6.45) is 1.08. The van der Waals surface area contributed by atoms with Crippen LogP contribution in [0.4, 0.5) is 5.69 Å². The van der Waals surface area contributed by atoms with Crippen molar-refractivity contribution in [1.29, 1.82) is 0 Å². The van der Waals surface area contributed by atoms with Gasteiger partial charge in [0.25, 0.3) is 5.91 Å². The molecule has 0 fully saturated rings. The first-order chi connectivity index (χ1) is 10.7. The van der Waals surface area contributed by atoms with Gasteiger partial charge >= 0.3 is 0 Å². The van der Waals surface area contributed by atoms with Crippen LogP contribution in [0.2, 0.25) is 0 Å². The van der Waals surface area contributed by atoms with Crippen molar-refractivity contribution in [3.8, 4) is 0 Å². The highest BCUT2D eigenvalue weighted by Crippen LogP contribution is 2.18. The lowest BCUT2D eigenvalue weighted by molar-refractivity contribution is -0.255. The van der Waals surface area contributed by atoms with E-state index < -0.39 is 21.7 Å². The summed E-state index contributed by atoms with van der Waals surface area (Å²) in [5, 5.41) is 13.5. The molecule has 7 heteroatoms. The normalized spacial score (nSPS) is 11.0. The molecule has 0 bridgehead atoms. The smallest absolute Gasteiger partial charge is 0.255 e. The number of amides is 1. The fourth-order valence-corrected chi connectivity index (χ4v) is 2.56. The molecule has 120 valence electrons. The summed E-state index contributed by atoms with van der Waals surface area (Å²) in [5.41, 5.74) is 1.26. The van der Waals surface area contributed by atoms with E-state index in [2.05, 4.69) is 5.32 Å². The van der Waals surface area contributed by atoms with Crippen LogP contribution in [0.15, 0.2) is 47.4 Å². The van der Waals surface area contributed by atoms with Crippen molar-refractivity contribution in [2.75, 3.05) is 11.6 Å². The molecular formula is C16H14NO5S-. The number of aromatic carboxylic acids is 1. The van der Waals surface area contributed by atoms with Crippen molar-refractivity contribution in [1.82, 2.24) is 0 Å². The van der Waals surface area contributed by atoms with Gasteiger partial charge in [0.2, 0.25) is 0 Å². The van der Waals surface area contributed by atoms with E-state index in [-0.39, 0.29) is 16.0 Å². The van der Waals surface area contributed by atoms with Gasteiger partial charge in [-0.3, -0.25) is 4.79 Å². The van der Waals surface area contributed by atoms with Crippen LogP contribution in [-0.4, -0.2) is 26.6 Å². The zero-order chi connectivity index (χ0) is 17.2. The fraction of sp³-hybridized carbons (Fsp3) is 0.125. The Bertz CT molecular complexity index is 870. The van der Waals surface area contributed by atoms with Crippen molar-refractivity contribution in [2.45, 2.75) is 11.8 Å². The Hall–Kier alpha value is -2.67. The summed E-state index contributed by atoms with van der Waals surface area (Å²) in [6, 6.07) is 9.73. The SMILES string of the molecule is Cc1ccc(C(=O)[O-])cc1NC(=O)c1ccc(S(C)(=O)=O)cc1. The Balaban J connectivity index is 2.26. The van der Waals surface area contributed by atoms with Crippen LogP contribution in [0.25, 0.3) is 0 Å². The van der Waals surface area contributed by atoms with Gasteiger partial charge in [0.05, 0.1) is 10.9 Å². The lowest BCUT2D eigenvalue weighted by Crippen LogP contribution is -2.22. The van der Waals surface area contributed by atoms with E-state index in [1.807, 2.05) is 0 Å². The first-order valence-electron chi connectivity index (χ1n) is 6.62. The molecule has 2 aromatic rings. The summed E-state index contributed by atoms with van der Waals surface area (Å²) in [4.78, 5) is 23.2. The molecule has 0 aliphatic heterocycles. The minimum Gasteiger partial charge on any atom is -0.545 e. The van der Waals surface area contributed by atoms with E-state index in [0.29, 0.717) is 11.3 Å². The van der Waals surface area contributed by atoms with Crippen LogP contribution in [0.3, 0.4) is 0 Å². The second-order valence-electron chi connectivity index (χ2n) is 5.07. The molecule has 2 rings (SSSR count). The Kier molecular flexibility index (Phi) is 4.51. The predicted molar refractivity (Wildman–Crippen MR) is 83.0 cm³/mol. The summed E-state index contributed by atoms with van der Waals surface area (Å²) in [7, 11) is -3.33. The first-order valence-corrected chi connectivity index (χ1v) is 8.51. The molecule has 0 heterocycles. The predicted octanol–water partition coefficient (Wildman–Crippen LogP) is 1.01. The number of carbonyl (C=O) groups is 2. The molecule has 1 amide bonds. The molecule has 0 saturated carbocycles. The number of rotatable bonds is 4. The maximum absolute atomic E-state index is 12.2. The van der Waals surface area contributed by atoms with Crippen LogP contribution >= 0.6 is 0 Å². The monoisotopic (exact) mass is 332 g/mol. The Morgan fingerprint density at radius 1 is 1.00 bits per heavy atom. The maximum Gasteiger partial charge on any atom is 0.255 e. The van der Waals surface area contributed by atoms with Crippen LogP contribution in [0.1, 0.15) is 26.3 Å². The summed E-state index contributed by atoms with van der Waals surface area (Å²) in [5.74, 6) is -1.80. The number of aryl methyl sites for hydroxylation is 1. The molecule has 0 spiro atoms. The molecular weight excluding hydrogens is 318 g/mol. The van der Waals surface area contributed by atoms with E-state index in [4.69, 9.17) is 0 Å². The summed E-state index contributed by atoms with van der Waals surface area (Å²) < 4.78 is 22.8. The zero-order valence-electron chi connectivity index (χ0n) is 12.5. The van der Waals surface area contributed by atoms with Gasteiger partial charge in [0, 0.05) is 17.5 Å². The largest absolute Gasteiger partial charge is 0.545 e. The van der Waals surface area contributed by atoms with Crippen molar-refractivity contribution in [2.24, 2.45) is 0 Å². The number of sulfone groups is 1. The highest BCUT2D eigenvalue weighted by molar-refractivity contribution is 7.90. The van der Waals surface area contributed by atoms with Crippen LogP contribution in [-0.2, 0) is 9.84 Å². The van der Waals surface area contributed by atoms with E-state index in [1.165, 1.54) is 36.4 Å². The molecule has 0 atom stereocenters. The Labute approximate surface area is 133 Å². The first kappa shape index (κ1) is 16.7. The van der Waals surface area contributed by atoms with E-state index in [1.54, 1.807) is 13.0 Å². The maximum atomic E-state index is 12.2. The third kappa shape index (κ3) is 3.95. The van der Waals surface area contributed by atoms with Crippen LogP contribution in [0.5, 0.6) is 0 Å². The topological polar surface area (TPSA) is 103 Å². The number of carbonyl (C=O) groups excluding carboxylic acids is 2. The van der Waals surface area contributed by atoms with E-state index in [9.17, 15) is 23.1 Å². The lowest BCUT2D eigenvalue weighted by Gasteiger charge is -2.11. The summed E-state index contributed by atoms with van der Waals surface area (Å²) >= 11 is 0. The molecule has 0 radical (unpaired) electrons. The van der Waals surface area contributed by atoms with Gasteiger partial charge in [-0.25, -0.2) is 8.42 Å². The minimum atomic E-state index is -3.33. The Morgan fingerprint density at radius 2 is 1.57 bits per heavy atom. The Morgan fingerprint density at radius 3 is 2.09 bits per heavy atom. The fourth-order valence-electron chi connectivity index (χ4n) is 1.93. The lowest BCUT2D eigenvalue weighted by atomic mass is 10.1. The van der Waals surface area contributed by atoms with Gasteiger partial charge in [0.15, 0.2) is 9.84 Å². The average molecular weight is 332 g/mol. The minimum absolute atomic E-state index is 0.0432. The number of hydrogen-bond donors (Lipinski definition) is 1. The summed E-state index contributed by atoms with van der Waals surface area (Å²) in [6.45, 7) is 1.72. The zero-order valence-corrected chi connectivity index (χ0v) is 13.3. The molecule has 1 N–H and O–H groups in total. The molecule has 0 aliphatic carbocycles. The van der Waals surface area contributed by atoms with Gasteiger partial charge in [-0.15, -0.1) is 0 Å². The molecule has 0 aliphatic rings. The van der Waals surface area contributed by atoms with Crippen LogP contribution in [0, 0.1) is 6.92 Å². The molecule has 2 aromatic carbocycles. The number of anilines is 1. The highest BCUT2D eigenvalue weighted by Gasteiger charge is 2.11. The number of carboxylic acids is 1. The second kappa shape index (κ2) is 6.21. The van der Waals surface area contributed by atoms with Gasteiger partial charge in [-0.1, -0.05) is 12.1 Å². The second-order valence-corrected chi connectivity index (χ2v) is 7.08. The molecule has 0 unspecified atom stereocenters. The van der Waals surface area contributed by atoms with Crippen molar-refractivity contribution < 1.29 is 23.1 Å². The van der Waals surface area contributed by atoms with Crippen molar-refractivity contribution in [3.63, 3.8) is 0 Å². The van der Waals surface area contributed by atoms with Crippen molar-refractivity contribution in [3.05, 3.63) is 59.2 Å². The molecule has 0 saturated heterocycles. The molecule has 0 aromatic heterocycles. The number of nitrogens with one attached hydrogen (secondary N) is 1. The van der Waals surface area contributed by atoms with Gasteiger partial charge in [-0.2, -0.15) is 0 Å². The van der Waals surface area contributed by atoms with Crippen molar-refractivity contribution >= 4 is 27.4 Å². The number of hydrogen-bond acceptors (Lipinski definition) is 5. The highest BCUT2D eigenvalue weighted by atomic mass is 32.2. The third-order valence-electron chi connectivity index (χ3n) is 3.27. The van der Waals surface area contributed by atoms with Gasteiger partial charge in [-0.05, 0) is 48.4 Å². The quantitative estimate of drug-likeness (QED) is 0.900. The van der Waals surface area contributed by atoms with Gasteiger partial charge in [0.1, 0.15) is 0 Å². The van der Waals surface area contributed by atoms with E-state index >= 15 is 0 Å². The average Bonchev–Trinajstić information content (AvgIpc) is 2.48. The third-order valence-corrected chi connectivity index (χ3v) is 4.39. The standard InChI is InChI=1S/C16H15NO5S/c1-10-3-4-12(16(19)20)9-14(10)17-15(18)11-5-7-13(8-6-11)23(2,21)22/h3-9H,1-2H3,(H,17,18)(H,19,20)/p-1. The molecule has 6 nitrogen and oxygen atoms in total. The molecule has 23 heavy (non-hydrogen) atoms. The number of carboxylic acid groups (broad SMARTS) is 1. The number of benzene rings is 2. The van der Waals surface area contributed by atoms with Crippen LogP contribution < -0.4 is 10.4 Å².